The summed E-state index contributed by atoms with van der Waals surface area (Å²) in [6.07, 6.45) is 0. The van der Waals surface area contributed by atoms with Crippen LogP contribution in [0.5, 0.6) is 5.75 Å². The normalized spacial score (nSPS) is 11.0. The van der Waals surface area contributed by atoms with E-state index in [2.05, 4.69) is 4.72 Å². The first kappa shape index (κ1) is 15.5. The number of thiocarbonyl (C=S) groups is 1. The quantitative estimate of drug-likeness (QED) is 0.883. The Morgan fingerprint density at radius 1 is 0.952 bits per heavy atom. The molecule has 0 aromatic heterocycles. The maximum atomic E-state index is 12.1. The predicted molar refractivity (Wildman–Crippen MR) is 85.9 cm³/mol. The van der Waals surface area contributed by atoms with Crippen LogP contribution in [-0.4, -0.2) is 13.6 Å². The zero-order chi connectivity index (χ0) is 15.5. The molecule has 0 amide bonds. The molecule has 0 heterocycles. The van der Waals surface area contributed by atoms with Crippen LogP contribution < -0.4 is 9.46 Å². The first-order chi connectivity index (χ1) is 9.87. The number of hydrogen-bond donors (Lipinski definition) is 1. The van der Waals surface area contributed by atoms with Gasteiger partial charge < -0.3 is 4.74 Å². The van der Waals surface area contributed by atoms with Crippen molar-refractivity contribution in [1.82, 2.24) is 4.72 Å². The molecular weight excluding hydrogens is 306 g/mol. The Balaban J connectivity index is 2.07. The van der Waals surface area contributed by atoms with Crippen molar-refractivity contribution < 1.29 is 13.2 Å². The highest BCUT2D eigenvalue weighted by Crippen LogP contribution is 2.13. The summed E-state index contributed by atoms with van der Waals surface area (Å²) in [5.74, 6) is 0.484. The van der Waals surface area contributed by atoms with Crippen molar-refractivity contribution in [2.75, 3.05) is 0 Å². The topological polar surface area (TPSA) is 55.4 Å². The first-order valence-electron chi connectivity index (χ1n) is 6.25. The van der Waals surface area contributed by atoms with Gasteiger partial charge in [0.1, 0.15) is 5.75 Å². The fourth-order valence-corrected chi connectivity index (χ4v) is 2.92. The van der Waals surface area contributed by atoms with E-state index in [4.69, 9.17) is 17.0 Å². The molecule has 0 aliphatic rings. The van der Waals surface area contributed by atoms with Crippen molar-refractivity contribution in [1.29, 1.82) is 0 Å². The molecule has 2 aromatic carbocycles. The van der Waals surface area contributed by atoms with E-state index in [0.717, 1.165) is 11.1 Å². The molecule has 6 heteroatoms. The van der Waals surface area contributed by atoms with Crippen LogP contribution >= 0.6 is 12.2 Å². The molecule has 0 spiro atoms. The molecule has 0 atom stereocenters. The van der Waals surface area contributed by atoms with E-state index in [9.17, 15) is 8.42 Å². The lowest BCUT2D eigenvalue weighted by Crippen LogP contribution is -2.32. The van der Waals surface area contributed by atoms with Gasteiger partial charge in [0, 0.05) is 0 Å². The molecule has 1 N–H and O–H groups in total. The van der Waals surface area contributed by atoms with Gasteiger partial charge in [0.25, 0.3) is 15.2 Å². The van der Waals surface area contributed by atoms with E-state index in [1.54, 1.807) is 24.3 Å². The average molecular weight is 321 g/mol. The van der Waals surface area contributed by atoms with Crippen molar-refractivity contribution in [2.45, 2.75) is 18.7 Å². The maximum Gasteiger partial charge on any atom is 0.276 e. The molecule has 0 radical (unpaired) electrons. The zero-order valence-electron chi connectivity index (χ0n) is 11.7. The monoisotopic (exact) mass is 321 g/mol. The van der Waals surface area contributed by atoms with Crippen molar-refractivity contribution in [3.8, 4) is 5.75 Å². The SMILES string of the molecule is Cc1ccc(OC(=S)NS(=O)(=O)c2ccc(C)cc2)cc1. The Morgan fingerprint density at radius 3 is 1.95 bits per heavy atom. The minimum absolute atomic E-state index is 0.142. The molecule has 0 saturated carbocycles. The smallest absolute Gasteiger partial charge is 0.276 e. The van der Waals surface area contributed by atoms with Crippen LogP contribution in [0.2, 0.25) is 0 Å². The second-order valence-electron chi connectivity index (χ2n) is 4.62. The van der Waals surface area contributed by atoms with Gasteiger partial charge in [-0.25, -0.2) is 13.1 Å². The molecule has 0 unspecified atom stereocenters. The van der Waals surface area contributed by atoms with Gasteiger partial charge >= 0.3 is 0 Å². The van der Waals surface area contributed by atoms with Crippen LogP contribution in [0.1, 0.15) is 11.1 Å². The summed E-state index contributed by atoms with van der Waals surface area (Å²) in [5, 5.41) is -0.209. The third kappa shape index (κ3) is 4.27. The fraction of sp³-hybridized carbons (Fsp3) is 0.133. The zero-order valence-corrected chi connectivity index (χ0v) is 13.3. The molecular formula is C15H15NO3S2. The molecule has 0 bridgehead atoms. The molecule has 2 rings (SSSR count). The number of ether oxygens (including phenoxy) is 1. The van der Waals surface area contributed by atoms with Crippen LogP contribution in [0.4, 0.5) is 0 Å². The van der Waals surface area contributed by atoms with Gasteiger partial charge in [-0.15, -0.1) is 0 Å². The fourth-order valence-electron chi connectivity index (χ4n) is 1.62. The third-order valence-electron chi connectivity index (χ3n) is 2.78. The second-order valence-corrected chi connectivity index (χ2v) is 6.67. The molecule has 0 fully saturated rings. The minimum atomic E-state index is -3.72. The standard InChI is InChI=1S/C15H15NO3S2/c1-11-3-7-13(8-4-11)19-15(20)16-21(17,18)14-9-5-12(2)6-10-14/h3-10H,1-2H3,(H,16,20). The van der Waals surface area contributed by atoms with E-state index in [-0.39, 0.29) is 10.1 Å². The number of rotatable bonds is 3. The number of benzene rings is 2. The van der Waals surface area contributed by atoms with E-state index in [1.807, 2.05) is 26.0 Å². The Kier molecular flexibility index (Phi) is 4.59. The van der Waals surface area contributed by atoms with Crippen LogP contribution in [0, 0.1) is 13.8 Å². The lowest BCUT2D eigenvalue weighted by atomic mass is 10.2. The van der Waals surface area contributed by atoms with Gasteiger partial charge in [-0.1, -0.05) is 35.4 Å². The molecule has 0 saturated heterocycles. The molecule has 2 aromatic rings. The summed E-state index contributed by atoms with van der Waals surface area (Å²) in [6, 6.07) is 13.6. The molecule has 110 valence electrons. The molecule has 4 nitrogen and oxygen atoms in total. The van der Waals surface area contributed by atoms with E-state index >= 15 is 0 Å². The van der Waals surface area contributed by atoms with Crippen LogP contribution in [0.25, 0.3) is 0 Å². The molecule has 0 aliphatic heterocycles. The van der Waals surface area contributed by atoms with Crippen LogP contribution in [0.15, 0.2) is 53.4 Å². The Bertz CT molecular complexity index is 735. The Morgan fingerprint density at radius 2 is 1.43 bits per heavy atom. The highest BCUT2D eigenvalue weighted by atomic mass is 32.2. The lowest BCUT2D eigenvalue weighted by Gasteiger charge is -2.10. The van der Waals surface area contributed by atoms with Crippen molar-refractivity contribution in [2.24, 2.45) is 0 Å². The average Bonchev–Trinajstić information content (AvgIpc) is 2.41. The first-order valence-corrected chi connectivity index (χ1v) is 8.14. The minimum Gasteiger partial charge on any atom is -0.431 e. The Hall–Kier alpha value is -1.92. The van der Waals surface area contributed by atoms with Crippen LogP contribution in [-0.2, 0) is 10.0 Å². The van der Waals surface area contributed by atoms with Gasteiger partial charge in [-0.05, 0) is 50.3 Å². The summed E-state index contributed by atoms with van der Waals surface area (Å²) >= 11 is 4.93. The van der Waals surface area contributed by atoms with E-state index in [1.165, 1.54) is 12.1 Å². The van der Waals surface area contributed by atoms with E-state index in [0.29, 0.717) is 5.75 Å². The summed E-state index contributed by atoms with van der Waals surface area (Å²) in [4.78, 5) is 0.142. The summed E-state index contributed by atoms with van der Waals surface area (Å²) in [6.45, 7) is 3.83. The predicted octanol–water partition coefficient (Wildman–Crippen LogP) is 2.95. The van der Waals surface area contributed by atoms with Crippen LogP contribution in [0.3, 0.4) is 0 Å². The van der Waals surface area contributed by atoms with Crippen molar-refractivity contribution in [3.63, 3.8) is 0 Å². The number of aryl methyl sites for hydroxylation is 2. The second kappa shape index (κ2) is 6.24. The summed E-state index contributed by atoms with van der Waals surface area (Å²) in [5.41, 5.74) is 2.06. The highest BCUT2D eigenvalue weighted by molar-refractivity contribution is 7.91. The Labute approximate surface area is 129 Å². The number of sulfonamides is 1. The largest absolute Gasteiger partial charge is 0.431 e. The molecule has 21 heavy (non-hydrogen) atoms. The van der Waals surface area contributed by atoms with Gasteiger partial charge in [-0.2, -0.15) is 0 Å². The van der Waals surface area contributed by atoms with Crippen molar-refractivity contribution in [3.05, 3.63) is 59.7 Å². The van der Waals surface area contributed by atoms with Gasteiger partial charge in [-0.3, -0.25) is 0 Å². The van der Waals surface area contributed by atoms with Crippen molar-refractivity contribution >= 4 is 27.4 Å². The van der Waals surface area contributed by atoms with Gasteiger partial charge in [0.05, 0.1) is 4.90 Å². The summed E-state index contributed by atoms with van der Waals surface area (Å²) < 4.78 is 31.8. The van der Waals surface area contributed by atoms with E-state index < -0.39 is 10.0 Å². The lowest BCUT2D eigenvalue weighted by molar-refractivity contribution is 0.540. The molecule has 0 aliphatic carbocycles. The van der Waals surface area contributed by atoms with Gasteiger partial charge in [0.15, 0.2) is 0 Å². The number of hydrogen-bond acceptors (Lipinski definition) is 4. The number of nitrogens with one attached hydrogen (secondary N) is 1. The third-order valence-corrected chi connectivity index (χ3v) is 4.44. The summed E-state index contributed by atoms with van der Waals surface area (Å²) in [7, 11) is -3.72. The van der Waals surface area contributed by atoms with Gasteiger partial charge in [0.2, 0.25) is 0 Å². The maximum absolute atomic E-state index is 12.1. The highest BCUT2D eigenvalue weighted by Gasteiger charge is 2.16.